The third-order valence-electron chi connectivity index (χ3n) is 8.15. The van der Waals surface area contributed by atoms with E-state index in [9.17, 15) is 14.7 Å². The maximum atomic E-state index is 15.5. The van der Waals surface area contributed by atoms with Crippen molar-refractivity contribution < 1.29 is 19.0 Å². The first-order valence-corrected chi connectivity index (χ1v) is 14.0. The number of methoxy groups -OCH3 is 1. The number of hydrogen-bond acceptors (Lipinski definition) is 6. The molecule has 1 aliphatic carbocycles. The van der Waals surface area contributed by atoms with Crippen LogP contribution >= 0.6 is 0 Å². The molecule has 4 aromatic rings. The number of aryl methyl sites for hydroxylation is 1. The highest BCUT2D eigenvalue weighted by atomic mass is 19.1. The molecule has 42 heavy (non-hydrogen) atoms. The Kier molecular flexibility index (Phi) is 8.51. The second-order valence-corrected chi connectivity index (χ2v) is 10.8. The quantitative estimate of drug-likeness (QED) is 0.271. The number of halogens is 1. The number of amides is 1. The molecule has 1 aliphatic rings. The van der Waals surface area contributed by atoms with E-state index in [4.69, 9.17) is 4.74 Å². The molecule has 0 aliphatic heterocycles. The van der Waals surface area contributed by atoms with Crippen LogP contribution in [0.3, 0.4) is 0 Å². The Labute approximate surface area is 244 Å². The van der Waals surface area contributed by atoms with Gasteiger partial charge in [0.2, 0.25) is 0 Å². The molecular weight excluding hydrogens is 535 g/mol. The molecule has 0 saturated heterocycles. The number of nitrogens with zero attached hydrogens (tertiary/aromatic N) is 2. The number of benzene rings is 3. The Morgan fingerprint density at radius 2 is 1.81 bits per heavy atom. The van der Waals surface area contributed by atoms with Crippen molar-refractivity contribution in [3.63, 3.8) is 0 Å². The summed E-state index contributed by atoms with van der Waals surface area (Å²) in [6.45, 7) is 4.15. The SMILES string of the molecule is COc1cc(-c2cccc(-c3cccc(NC(=O)c4cncn(C)c4=O)c3C)c2C)cc(F)c1CN[C@H]1CCC[C@H]1O. The molecule has 9 heteroatoms. The Hall–Kier alpha value is -4.34. The number of aliphatic hydroxyl groups is 1. The summed E-state index contributed by atoms with van der Waals surface area (Å²) in [6.07, 6.45) is 4.77. The Morgan fingerprint density at radius 3 is 2.52 bits per heavy atom. The molecule has 0 radical (unpaired) electrons. The number of hydrogen-bond donors (Lipinski definition) is 3. The molecule has 0 spiro atoms. The molecule has 1 aromatic heterocycles. The van der Waals surface area contributed by atoms with Crippen molar-refractivity contribution in [2.24, 2.45) is 7.05 Å². The normalized spacial score (nSPS) is 16.4. The lowest BCUT2D eigenvalue weighted by Crippen LogP contribution is -2.35. The lowest BCUT2D eigenvalue weighted by molar-refractivity contribution is 0.102. The number of aliphatic hydroxyl groups excluding tert-OH is 1. The van der Waals surface area contributed by atoms with Gasteiger partial charge in [0.1, 0.15) is 17.1 Å². The molecule has 3 N–H and O–H groups in total. The summed E-state index contributed by atoms with van der Waals surface area (Å²) in [5, 5.41) is 16.3. The lowest BCUT2D eigenvalue weighted by atomic mass is 9.90. The van der Waals surface area contributed by atoms with Crippen LogP contribution < -0.4 is 20.9 Å². The summed E-state index contributed by atoms with van der Waals surface area (Å²) in [7, 11) is 3.07. The number of rotatable bonds is 8. The average Bonchev–Trinajstić information content (AvgIpc) is 3.39. The van der Waals surface area contributed by atoms with Crippen LogP contribution in [-0.2, 0) is 13.6 Å². The minimum Gasteiger partial charge on any atom is -0.496 e. The fraction of sp³-hybridized carbons (Fsp3) is 0.303. The first kappa shape index (κ1) is 29.2. The number of nitrogens with one attached hydrogen (secondary N) is 2. The van der Waals surface area contributed by atoms with Crippen LogP contribution in [0.25, 0.3) is 22.3 Å². The van der Waals surface area contributed by atoms with Crippen LogP contribution in [0.2, 0.25) is 0 Å². The molecule has 2 atom stereocenters. The van der Waals surface area contributed by atoms with Crippen molar-refractivity contribution in [2.75, 3.05) is 12.4 Å². The summed E-state index contributed by atoms with van der Waals surface area (Å²) in [5.74, 6) is -0.470. The molecule has 0 bridgehead atoms. The zero-order chi connectivity index (χ0) is 30.0. The zero-order valence-corrected chi connectivity index (χ0v) is 24.2. The van der Waals surface area contributed by atoms with Gasteiger partial charge in [-0.3, -0.25) is 9.59 Å². The van der Waals surface area contributed by atoms with Gasteiger partial charge in [0.05, 0.1) is 19.5 Å². The minimum atomic E-state index is -0.533. The standard InChI is InChI=1S/C33H35FN4O4/c1-19-22(21-14-27(34)25(31(15-21)42-4)17-36-29-12-7-13-30(29)39)8-5-9-23(19)24-10-6-11-28(20(24)2)37-32(40)26-16-35-18-38(3)33(26)41/h5-6,8-11,14-16,18,29-30,36,39H,7,12-13,17H2,1-4H3,(H,37,40)/t29-,30+/m0/s1. The van der Waals surface area contributed by atoms with E-state index in [1.807, 2.05) is 50.2 Å². The van der Waals surface area contributed by atoms with Crippen molar-refractivity contribution >= 4 is 11.6 Å². The molecule has 0 unspecified atom stereocenters. The van der Waals surface area contributed by atoms with Gasteiger partial charge in [-0.25, -0.2) is 9.37 Å². The van der Waals surface area contributed by atoms with E-state index in [1.54, 1.807) is 13.1 Å². The molecule has 218 valence electrons. The van der Waals surface area contributed by atoms with Crippen molar-refractivity contribution in [3.8, 4) is 28.0 Å². The first-order chi connectivity index (χ1) is 20.2. The fourth-order valence-corrected chi connectivity index (χ4v) is 5.69. The van der Waals surface area contributed by atoms with Crippen molar-refractivity contribution in [3.05, 3.63) is 99.5 Å². The zero-order valence-electron chi connectivity index (χ0n) is 24.2. The number of ether oxygens (including phenoxy) is 1. The van der Waals surface area contributed by atoms with E-state index < -0.39 is 17.6 Å². The predicted molar refractivity (Wildman–Crippen MR) is 161 cm³/mol. The Morgan fingerprint density at radius 1 is 1.10 bits per heavy atom. The summed E-state index contributed by atoms with van der Waals surface area (Å²) >= 11 is 0. The molecule has 1 fully saturated rings. The van der Waals surface area contributed by atoms with Crippen molar-refractivity contribution in [2.45, 2.75) is 51.8 Å². The van der Waals surface area contributed by atoms with Gasteiger partial charge >= 0.3 is 0 Å². The van der Waals surface area contributed by atoms with Crippen molar-refractivity contribution in [1.29, 1.82) is 0 Å². The molecule has 1 amide bonds. The number of aromatic nitrogens is 2. The second kappa shape index (κ2) is 12.3. The van der Waals surface area contributed by atoms with Crippen LogP contribution in [0.15, 0.2) is 65.8 Å². The maximum absolute atomic E-state index is 15.5. The highest BCUT2D eigenvalue weighted by Crippen LogP contribution is 2.38. The first-order valence-electron chi connectivity index (χ1n) is 14.0. The van der Waals surface area contributed by atoms with Gasteiger partial charge in [-0.05, 0) is 84.7 Å². The van der Waals surface area contributed by atoms with Gasteiger partial charge < -0.3 is 25.0 Å². The van der Waals surface area contributed by atoms with Crippen LogP contribution in [0, 0.1) is 19.7 Å². The summed E-state index contributed by atoms with van der Waals surface area (Å²) in [5.41, 5.74) is 5.65. The van der Waals surface area contributed by atoms with E-state index >= 15 is 4.39 Å². The van der Waals surface area contributed by atoms with Gasteiger partial charge in [0.15, 0.2) is 0 Å². The van der Waals surface area contributed by atoms with Gasteiger partial charge in [0, 0.05) is 37.1 Å². The van der Waals surface area contributed by atoms with Crippen LogP contribution in [0.4, 0.5) is 10.1 Å². The summed E-state index contributed by atoms with van der Waals surface area (Å²) in [4.78, 5) is 29.3. The molecule has 8 nitrogen and oxygen atoms in total. The molecular formula is C33H35FN4O4. The molecule has 3 aromatic carbocycles. The number of carbonyl (C=O) groups excluding carboxylic acids is 1. The largest absolute Gasteiger partial charge is 0.496 e. The molecule has 1 saturated carbocycles. The Bertz CT molecular complexity index is 1700. The monoisotopic (exact) mass is 570 g/mol. The maximum Gasteiger partial charge on any atom is 0.265 e. The summed E-state index contributed by atoms with van der Waals surface area (Å²) < 4.78 is 22.3. The summed E-state index contributed by atoms with van der Waals surface area (Å²) in [6, 6.07) is 14.8. The molecule has 1 heterocycles. The van der Waals surface area contributed by atoms with E-state index in [0.29, 0.717) is 22.6 Å². The number of carbonyl (C=O) groups is 1. The predicted octanol–water partition coefficient (Wildman–Crippen LogP) is 5.13. The Balaban J connectivity index is 1.45. The van der Waals surface area contributed by atoms with Gasteiger partial charge in [-0.15, -0.1) is 0 Å². The van der Waals surface area contributed by atoms with E-state index in [2.05, 4.69) is 15.6 Å². The van der Waals surface area contributed by atoms with Crippen molar-refractivity contribution in [1.82, 2.24) is 14.9 Å². The smallest absolute Gasteiger partial charge is 0.265 e. The van der Waals surface area contributed by atoms with Gasteiger partial charge in [-0.1, -0.05) is 30.3 Å². The van der Waals surface area contributed by atoms with Crippen LogP contribution in [0.1, 0.15) is 46.3 Å². The van der Waals surface area contributed by atoms with Gasteiger partial charge in [0.25, 0.3) is 11.5 Å². The second-order valence-electron chi connectivity index (χ2n) is 10.8. The molecule has 5 rings (SSSR count). The highest BCUT2D eigenvalue weighted by molar-refractivity contribution is 6.04. The topological polar surface area (TPSA) is 105 Å². The van der Waals surface area contributed by atoms with E-state index in [1.165, 1.54) is 30.3 Å². The average molecular weight is 571 g/mol. The fourth-order valence-electron chi connectivity index (χ4n) is 5.69. The van der Waals surface area contributed by atoms with Crippen LogP contribution in [-0.4, -0.2) is 39.8 Å². The van der Waals surface area contributed by atoms with Crippen LogP contribution in [0.5, 0.6) is 5.75 Å². The third kappa shape index (κ3) is 5.70. The van der Waals surface area contributed by atoms with Gasteiger partial charge in [-0.2, -0.15) is 0 Å². The third-order valence-corrected chi connectivity index (χ3v) is 8.15. The van der Waals surface area contributed by atoms with E-state index in [0.717, 1.165) is 47.1 Å². The lowest BCUT2D eigenvalue weighted by Gasteiger charge is -2.20. The minimum absolute atomic E-state index is 0.0444. The number of anilines is 1. The van der Waals surface area contributed by atoms with E-state index in [-0.39, 0.29) is 24.0 Å². The highest BCUT2D eigenvalue weighted by Gasteiger charge is 2.25.